The highest BCUT2D eigenvalue weighted by Gasteiger charge is 2.36. The van der Waals surface area contributed by atoms with Gasteiger partial charge in [-0.15, -0.1) is 0 Å². The zero-order valence-electron chi connectivity index (χ0n) is 12.3. The fourth-order valence-electron chi connectivity index (χ4n) is 3.25. The maximum absolute atomic E-state index is 11.8. The summed E-state index contributed by atoms with van der Waals surface area (Å²) in [6.45, 7) is 2.34. The number of carbonyl (C=O) groups excluding carboxylic acids is 3. The first-order valence-electron chi connectivity index (χ1n) is 7.45. The van der Waals surface area contributed by atoms with E-state index < -0.39 is 0 Å². The molecule has 0 N–H and O–H groups in total. The smallest absolute Gasteiger partial charge is 0.308 e. The van der Waals surface area contributed by atoms with Crippen molar-refractivity contribution in [3.8, 4) is 0 Å². The summed E-state index contributed by atoms with van der Waals surface area (Å²) in [6, 6.07) is 0. The standard InChI is InChI=1S/C15H23NO4/c1-10-9-13(17)16(14(10)18)8-7-11-3-5-12(6-4-11)15(19)20-2/h10-12H,3-9H2,1-2H3. The molecule has 2 fully saturated rings. The molecule has 1 saturated carbocycles. The van der Waals surface area contributed by atoms with Crippen LogP contribution in [0.25, 0.3) is 0 Å². The Bertz CT molecular complexity index is 399. The molecule has 0 aromatic heterocycles. The van der Waals surface area contributed by atoms with Crippen LogP contribution in [0.4, 0.5) is 0 Å². The van der Waals surface area contributed by atoms with Crippen molar-refractivity contribution in [2.24, 2.45) is 17.8 Å². The number of methoxy groups -OCH3 is 1. The highest BCUT2D eigenvalue weighted by atomic mass is 16.5. The van der Waals surface area contributed by atoms with Crippen LogP contribution in [-0.2, 0) is 19.1 Å². The molecule has 1 heterocycles. The molecule has 20 heavy (non-hydrogen) atoms. The van der Waals surface area contributed by atoms with Gasteiger partial charge in [0.05, 0.1) is 13.0 Å². The molecule has 0 radical (unpaired) electrons. The highest BCUT2D eigenvalue weighted by molar-refractivity contribution is 6.03. The lowest BCUT2D eigenvalue weighted by Crippen LogP contribution is -2.33. The van der Waals surface area contributed by atoms with Crippen molar-refractivity contribution in [1.82, 2.24) is 4.90 Å². The molecular weight excluding hydrogens is 258 g/mol. The first-order chi connectivity index (χ1) is 9.52. The summed E-state index contributed by atoms with van der Waals surface area (Å²) in [4.78, 5) is 36.4. The van der Waals surface area contributed by atoms with E-state index in [1.807, 2.05) is 6.92 Å². The third-order valence-electron chi connectivity index (χ3n) is 4.61. The van der Waals surface area contributed by atoms with Crippen molar-refractivity contribution in [1.29, 1.82) is 0 Å². The van der Waals surface area contributed by atoms with Crippen LogP contribution in [0.1, 0.15) is 45.4 Å². The number of esters is 1. The molecule has 0 aromatic rings. The summed E-state index contributed by atoms with van der Waals surface area (Å²) < 4.78 is 4.77. The van der Waals surface area contributed by atoms with Crippen molar-refractivity contribution in [3.05, 3.63) is 0 Å². The minimum Gasteiger partial charge on any atom is -0.469 e. The van der Waals surface area contributed by atoms with Crippen LogP contribution in [0, 0.1) is 17.8 Å². The number of amides is 2. The number of likely N-dealkylation sites (tertiary alicyclic amines) is 1. The van der Waals surface area contributed by atoms with E-state index in [0.717, 1.165) is 32.1 Å². The molecule has 5 heteroatoms. The second-order valence-electron chi connectivity index (χ2n) is 6.02. The number of hydrogen-bond donors (Lipinski definition) is 0. The maximum atomic E-state index is 11.8. The van der Waals surface area contributed by atoms with Crippen LogP contribution < -0.4 is 0 Å². The topological polar surface area (TPSA) is 63.7 Å². The van der Waals surface area contributed by atoms with Gasteiger partial charge in [-0.25, -0.2) is 0 Å². The van der Waals surface area contributed by atoms with Crippen LogP contribution in [0.2, 0.25) is 0 Å². The number of ether oxygens (including phenoxy) is 1. The molecule has 2 amide bonds. The second kappa shape index (κ2) is 6.37. The maximum Gasteiger partial charge on any atom is 0.308 e. The molecule has 0 spiro atoms. The zero-order chi connectivity index (χ0) is 14.7. The predicted molar refractivity (Wildman–Crippen MR) is 72.6 cm³/mol. The molecule has 112 valence electrons. The molecule has 2 aliphatic rings. The molecule has 0 aromatic carbocycles. The minimum absolute atomic E-state index is 0.0294. The van der Waals surface area contributed by atoms with E-state index in [0.29, 0.717) is 18.9 Å². The van der Waals surface area contributed by atoms with Gasteiger partial charge in [-0.1, -0.05) is 6.92 Å². The number of nitrogens with zero attached hydrogens (tertiary/aromatic N) is 1. The Morgan fingerprint density at radius 1 is 1.25 bits per heavy atom. The van der Waals surface area contributed by atoms with Crippen molar-refractivity contribution >= 4 is 17.8 Å². The van der Waals surface area contributed by atoms with Gasteiger partial charge in [-0.3, -0.25) is 19.3 Å². The Morgan fingerprint density at radius 2 is 1.90 bits per heavy atom. The molecular formula is C15H23NO4. The Labute approximate surface area is 119 Å². The molecule has 1 unspecified atom stereocenters. The molecule has 1 atom stereocenters. The van der Waals surface area contributed by atoms with Crippen LogP contribution in [-0.4, -0.2) is 36.3 Å². The molecule has 2 rings (SSSR count). The SMILES string of the molecule is COC(=O)C1CCC(CCN2C(=O)CC(C)C2=O)CC1. The third kappa shape index (κ3) is 3.19. The number of imide groups is 1. The Balaban J connectivity index is 1.75. The average molecular weight is 281 g/mol. The first kappa shape index (κ1) is 15.0. The second-order valence-corrected chi connectivity index (χ2v) is 6.02. The van der Waals surface area contributed by atoms with Crippen molar-refractivity contribution in [2.45, 2.75) is 45.4 Å². The van der Waals surface area contributed by atoms with E-state index in [1.165, 1.54) is 12.0 Å². The molecule has 1 aliphatic heterocycles. The van der Waals surface area contributed by atoms with Crippen molar-refractivity contribution in [3.63, 3.8) is 0 Å². The largest absolute Gasteiger partial charge is 0.469 e. The number of hydrogen-bond acceptors (Lipinski definition) is 4. The fourth-order valence-corrected chi connectivity index (χ4v) is 3.25. The van der Waals surface area contributed by atoms with Gasteiger partial charge in [0.15, 0.2) is 0 Å². The lowest BCUT2D eigenvalue weighted by molar-refractivity contribution is -0.146. The first-order valence-corrected chi connectivity index (χ1v) is 7.45. The molecule has 1 saturated heterocycles. The van der Waals surface area contributed by atoms with E-state index in [9.17, 15) is 14.4 Å². The molecule has 0 bridgehead atoms. The van der Waals surface area contributed by atoms with Crippen LogP contribution in [0.15, 0.2) is 0 Å². The van der Waals surface area contributed by atoms with Gasteiger partial charge in [-0.2, -0.15) is 0 Å². The average Bonchev–Trinajstić information content (AvgIpc) is 2.70. The molecule has 1 aliphatic carbocycles. The summed E-state index contributed by atoms with van der Waals surface area (Å²) in [5.74, 6) is 0.211. The lowest BCUT2D eigenvalue weighted by Gasteiger charge is -2.28. The van der Waals surface area contributed by atoms with Crippen LogP contribution in [0.5, 0.6) is 0 Å². The molecule has 5 nitrogen and oxygen atoms in total. The lowest BCUT2D eigenvalue weighted by atomic mass is 9.80. The van der Waals surface area contributed by atoms with Gasteiger partial charge >= 0.3 is 5.97 Å². The van der Waals surface area contributed by atoms with Crippen LogP contribution in [0.3, 0.4) is 0 Å². The van der Waals surface area contributed by atoms with E-state index >= 15 is 0 Å². The minimum atomic E-state index is -0.155. The van der Waals surface area contributed by atoms with Gasteiger partial charge in [-0.05, 0) is 38.0 Å². The zero-order valence-corrected chi connectivity index (χ0v) is 12.3. The van der Waals surface area contributed by atoms with E-state index in [2.05, 4.69) is 0 Å². The summed E-state index contributed by atoms with van der Waals surface area (Å²) in [6.07, 6.45) is 4.88. The summed E-state index contributed by atoms with van der Waals surface area (Å²) in [5.41, 5.74) is 0. The van der Waals surface area contributed by atoms with Gasteiger partial charge in [0.25, 0.3) is 0 Å². The Morgan fingerprint density at radius 3 is 2.40 bits per heavy atom. The Kier molecular flexibility index (Phi) is 4.78. The fraction of sp³-hybridized carbons (Fsp3) is 0.800. The monoisotopic (exact) mass is 281 g/mol. The van der Waals surface area contributed by atoms with Crippen molar-refractivity contribution < 1.29 is 19.1 Å². The van der Waals surface area contributed by atoms with E-state index in [-0.39, 0.29) is 29.6 Å². The van der Waals surface area contributed by atoms with Crippen molar-refractivity contribution in [2.75, 3.05) is 13.7 Å². The Hall–Kier alpha value is -1.39. The van der Waals surface area contributed by atoms with E-state index in [4.69, 9.17) is 4.74 Å². The van der Waals surface area contributed by atoms with Gasteiger partial charge in [0, 0.05) is 18.9 Å². The number of carbonyl (C=O) groups is 3. The predicted octanol–water partition coefficient (Wildman–Crippen LogP) is 1.75. The van der Waals surface area contributed by atoms with Gasteiger partial charge in [0.2, 0.25) is 11.8 Å². The van der Waals surface area contributed by atoms with Gasteiger partial charge in [0.1, 0.15) is 0 Å². The highest BCUT2D eigenvalue weighted by Crippen LogP contribution is 2.32. The van der Waals surface area contributed by atoms with Crippen LogP contribution >= 0.6 is 0 Å². The summed E-state index contributed by atoms with van der Waals surface area (Å²) >= 11 is 0. The third-order valence-corrected chi connectivity index (χ3v) is 4.61. The summed E-state index contributed by atoms with van der Waals surface area (Å²) in [5, 5.41) is 0. The summed E-state index contributed by atoms with van der Waals surface area (Å²) in [7, 11) is 1.43. The normalized spacial score (nSPS) is 30.7. The van der Waals surface area contributed by atoms with E-state index in [1.54, 1.807) is 0 Å². The number of rotatable bonds is 4. The quantitative estimate of drug-likeness (QED) is 0.582. The van der Waals surface area contributed by atoms with Gasteiger partial charge < -0.3 is 4.74 Å².